The lowest BCUT2D eigenvalue weighted by Gasteiger charge is -2.47. The van der Waals surface area contributed by atoms with Crippen molar-refractivity contribution < 1.29 is 9.13 Å². The second kappa shape index (κ2) is 9.56. The lowest BCUT2D eigenvalue weighted by Crippen LogP contribution is -2.55. The molecule has 3 aromatic rings. The third-order valence-corrected chi connectivity index (χ3v) is 8.28. The van der Waals surface area contributed by atoms with Gasteiger partial charge in [-0.2, -0.15) is 9.67 Å². The number of fused-ring (bicyclic) bond motifs is 1. The van der Waals surface area contributed by atoms with Crippen LogP contribution in [0.4, 0.5) is 21.8 Å². The van der Waals surface area contributed by atoms with Crippen LogP contribution in [-0.4, -0.2) is 77.7 Å². The molecule has 1 aromatic carbocycles. The molecule has 0 unspecified atom stereocenters. The van der Waals surface area contributed by atoms with Crippen molar-refractivity contribution in [2.75, 3.05) is 30.4 Å². The van der Waals surface area contributed by atoms with Crippen LogP contribution < -0.4 is 10.6 Å². The van der Waals surface area contributed by atoms with Gasteiger partial charge in [-0.3, -0.25) is 4.90 Å². The highest BCUT2D eigenvalue weighted by molar-refractivity contribution is 7.99. The zero-order valence-electron chi connectivity index (χ0n) is 20.4. The van der Waals surface area contributed by atoms with E-state index in [9.17, 15) is 4.39 Å². The first-order valence-electron chi connectivity index (χ1n) is 12.4. The van der Waals surface area contributed by atoms with Crippen LogP contribution in [0.3, 0.4) is 0 Å². The average Bonchev–Trinajstić information content (AvgIpc) is 3.48. The molecular formula is C24H30FN9OS. The number of tetrazole rings is 1. The molecule has 0 saturated carbocycles. The van der Waals surface area contributed by atoms with E-state index in [-0.39, 0.29) is 17.4 Å². The molecule has 2 N–H and O–H groups in total. The second-order valence-corrected chi connectivity index (χ2v) is 11.6. The number of nitrogens with one attached hydrogen (secondary N) is 2. The molecule has 3 saturated heterocycles. The minimum absolute atomic E-state index is 0.0844. The third-order valence-electron chi connectivity index (χ3n) is 7.21. The number of nitrogens with zero attached hydrogens (tertiary/aromatic N) is 7. The molecule has 12 heteroatoms. The quantitative estimate of drug-likeness (QED) is 0.488. The van der Waals surface area contributed by atoms with Gasteiger partial charge in [-0.05, 0) is 74.7 Å². The van der Waals surface area contributed by atoms with Crippen LogP contribution in [0.15, 0.2) is 35.6 Å². The van der Waals surface area contributed by atoms with Crippen LogP contribution >= 0.6 is 11.8 Å². The van der Waals surface area contributed by atoms with Crippen LogP contribution in [0, 0.1) is 5.82 Å². The van der Waals surface area contributed by atoms with E-state index in [2.05, 4.69) is 54.9 Å². The van der Waals surface area contributed by atoms with Crippen molar-refractivity contribution in [3.63, 3.8) is 0 Å². The summed E-state index contributed by atoms with van der Waals surface area (Å²) < 4.78 is 21.6. The van der Waals surface area contributed by atoms with E-state index >= 15 is 0 Å². The Morgan fingerprint density at radius 2 is 2.14 bits per heavy atom. The highest BCUT2D eigenvalue weighted by Crippen LogP contribution is 2.38. The van der Waals surface area contributed by atoms with Gasteiger partial charge in [0.15, 0.2) is 11.6 Å². The summed E-state index contributed by atoms with van der Waals surface area (Å²) in [5, 5.41) is 19.8. The molecule has 0 amide bonds. The summed E-state index contributed by atoms with van der Waals surface area (Å²) in [6, 6.07) is 8.35. The van der Waals surface area contributed by atoms with Crippen LogP contribution in [0.1, 0.15) is 39.5 Å². The van der Waals surface area contributed by atoms with E-state index in [0.717, 1.165) is 30.8 Å². The summed E-state index contributed by atoms with van der Waals surface area (Å²) in [4.78, 5) is 11.2. The monoisotopic (exact) mass is 511 g/mol. The van der Waals surface area contributed by atoms with Crippen molar-refractivity contribution in [3.05, 3.63) is 36.3 Å². The zero-order valence-corrected chi connectivity index (χ0v) is 21.2. The van der Waals surface area contributed by atoms with Crippen molar-refractivity contribution in [2.24, 2.45) is 0 Å². The summed E-state index contributed by atoms with van der Waals surface area (Å²) in [5.74, 6) is 0.112. The fourth-order valence-corrected chi connectivity index (χ4v) is 6.48. The van der Waals surface area contributed by atoms with Gasteiger partial charge in [0.25, 0.3) is 0 Å². The van der Waals surface area contributed by atoms with Gasteiger partial charge in [-0.15, -0.1) is 5.10 Å². The smallest absolute Gasteiger partial charge is 0.229 e. The van der Waals surface area contributed by atoms with Gasteiger partial charge in [-0.25, -0.2) is 9.37 Å². The average molecular weight is 512 g/mol. The van der Waals surface area contributed by atoms with Crippen LogP contribution in [0.5, 0.6) is 0 Å². The normalized spacial score (nSPS) is 23.8. The fourth-order valence-electron chi connectivity index (χ4n) is 5.53. The molecule has 10 nitrogen and oxygen atoms in total. The van der Waals surface area contributed by atoms with Crippen molar-refractivity contribution >= 4 is 29.2 Å². The number of hydrogen-bond acceptors (Lipinski definition) is 10. The van der Waals surface area contributed by atoms with Crippen LogP contribution in [0.2, 0.25) is 0 Å². The van der Waals surface area contributed by atoms with Gasteiger partial charge in [0.05, 0.1) is 30.3 Å². The summed E-state index contributed by atoms with van der Waals surface area (Å²) in [5.41, 5.74) is 1.64. The molecule has 3 aliphatic heterocycles. The largest absolute Gasteiger partial charge is 0.379 e. The molecule has 3 aliphatic rings. The molecule has 6 rings (SSSR count). The summed E-state index contributed by atoms with van der Waals surface area (Å²) in [6.45, 7) is 7.12. The highest BCUT2D eigenvalue weighted by Gasteiger charge is 2.43. The van der Waals surface area contributed by atoms with Gasteiger partial charge < -0.3 is 15.4 Å². The van der Waals surface area contributed by atoms with Crippen LogP contribution in [0.25, 0.3) is 5.69 Å². The maximum atomic E-state index is 14.7. The zero-order chi connectivity index (χ0) is 24.7. The minimum Gasteiger partial charge on any atom is -0.379 e. The molecule has 2 aromatic heterocycles. The van der Waals surface area contributed by atoms with Crippen molar-refractivity contribution in [1.82, 2.24) is 35.1 Å². The van der Waals surface area contributed by atoms with Gasteiger partial charge >= 0.3 is 0 Å². The number of hydrogen-bond donors (Lipinski definition) is 2. The molecule has 0 aliphatic carbocycles. The maximum Gasteiger partial charge on any atom is 0.229 e. The Hall–Kier alpha value is -2.83. The van der Waals surface area contributed by atoms with Gasteiger partial charge in [-0.1, -0.05) is 17.8 Å². The topological polar surface area (TPSA) is 106 Å². The summed E-state index contributed by atoms with van der Waals surface area (Å²) in [7, 11) is 0. The Morgan fingerprint density at radius 1 is 1.25 bits per heavy atom. The number of ether oxygens (including phenoxy) is 1. The Kier molecular flexibility index (Phi) is 6.26. The van der Waals surface area contributed by atoms with E-state index < -0.39 is 5.82 Å². The molecule has 0 spiro atoms. The second-order valence-electron chi connectivity index (χ2n) is 10.3. The van der Waals surface area contributed by atoms with Gasteiger partial charge in [0.2, 0.25) is 11.1 Å². The van der Waals surface area contributed by atoms with Crippen molar-refractivity contribution in [2.45, 2.75) is 67.6 Å². The predicted molar refractivity (Wildman–Crippen MR) is 135 cm³/mol. The van der Waals surface area contributed by atoms with Crippen molar-refractivity contribution in [3.8, 4) is 5.69 Å². The number of rotatable bonds is 7. The molecule has 3 fully saturated rings. The first kappa shape index (κ1) is 23.6. The standard InChI is InChI=1S/C24H30FN9OS/c1-24(2)11-16(10-17-7-4-8-33(17)24)27-21-20(25)12-26-22(29-21)28-15-5-3-6-18(9-15)34-23(30-31-32-34)36-19-13-35-14-19/h3,5-6,9,12,16-17,19H,4,7-8,10-11,13-14H2,1-2H3,(H2,26,27,28,29)/t16-,17+/m1/s1. The lowest BCUT2D eigenvalue weighted by atomic mass is 9.84. The first-order chi connectivity index (χ1) is 17.4. The highest BCUT2D eigenvalue weighted by atomic mass is 32.2. The Balaban J connectivity index is 1.17. The summed E-state index contributed by atoms with van der Waals surface area (Å²) >= 11 is 1.60. The predicted octanol–water partition coefficient (Wildman–Crippen LogP) is 3.64. The van der Waals surface area contributed by atoms with E-state index in [1.165, 1.54) is 19.0 Å². The molecule has 0 bridgehead atoms. The third kappa shape index (κ3) is 4.76. The summed E-state index contributed by atoms with van der Waals surface area (Å²) in [6.07, 6.45) is 5.59. The Morgan fingerprint density at radius 3 is 2.97 bits per heavy atom. The Bertz CT molecular complexity index is 1230. The van der Waals surface area contributed by atoms with E-state index in [0.29, 0.717) is 35.6 Å². The van der Waals surface area contributed by atoms with Crippen LogP contribution in [-0.2, 0) is 4.74 Å². The molecular weight excluding hydrogens is 481 g/mol. The molecule has 2 atom stereocenters. The van der Waals surface area contributed by atoms with Crippen molar-refractivity contribution in [1.29, 1.82) is 0 Å². The van der Waals surface area contributed by atoms with E-state index in [1.807, 2.05) is 24.3 Å². The van der Waals surface area contributed by atoms with E-state index in [1.54, 1.807) is 16.4 Å². The van der Waals surface area contributed by atoms with Gasteiger partial charge in [0.1, 0.15) is 0 Å². The first-order valence-corrected chi connectivity index (χ1v) is 13.3. The maximum absolute atomic E-state index is 14.7. The van der Waals surface area contributed by atoms with Gasteiger partial charge in [0, 0.05) is 23.3 Å². The number of piperidine rings is 1. The SMILES string of the molecule is CC1(C)C[C@H](Nc2nc(Nc3cccc(-n4nnnc4SC4COC4)c3)ncc2F)C[C@@H]2CCCN21. The number of benzene rings is 1. The molecule has 190 valence electrons. The number of thioether (sulfide) groups is 1. The lowest BCUT2D eigenvalue weighted by molar-refractivity contribution is 0.0454. The molecule has 36 heavy (non-hydrogen) atoms. The molecule has 5 heterocycles. The number of aromatic nitrogens is 6. The minimum atomic E-state index is -0.448. The Labute approximate surface area is 213 Å². The fraction of sp³-hybridized carbons (Fsp3) is 0.542. The molecule has 0 radical (unpaired) electrons. The number of anilines is 3. The van der Waals surface area contributed by atoms with E-state index in [4.69, 9.17) is 4.74 Å². The number of halogens is 1.